The highest BCUT2D eigenvalue weighted by Gasteiger charge is 2.21. The highest BCUT2D eigenvalue weighted by atomic mass is 32.1. The first-order valence-corrected chi connectivity index (χ1v) is 7.62. The molecule has 0 aliphatic rings. The molecule has 1 aromatic carbocycles. The monoisotopic (exact) mass is 328 g/mol. The lowest BCUT2D eigenvalue weighted by Gasteiger charge is -2.01. The maximum Gasteiger partial charge on any atom is 0.362 e. The van der Waals surface area contributed by atoms with Crippen LogP contribution in [0.2, 0.25) is 0 Å². The third-order valence-corrected chi connectivity index (χ3v) is 3.78. The van der Waals surface area contributed by atoms with Gasteiger partial charge in [-0.15, -0.1) is 5.10 Å². The van der Waals surface area contributed by atoms with Crippen molar-refractivity contribution < 1.29 is 14.3 Å². The predicted octanol–water partition coefficient (Wildman–Crippen LogP) is 2.38. The highest BCUT2D eigenvalue weighted by molar-refractivity contribution is 7.08. The molecule has 0 aliphatic heterocycles. The van der Waals surface area contributed by atoms with Crippen molar-refractivity contribution in [2.75, 3.05) is 6.61 Å². The molecule has 3 aromatic rings. The fourth-order valence-electron chi connectivity index (χ4n) is 2.06. The Balaban J connectivity index is 2.06. The highest BCUT2D eigenvalue weighted by Crippen LogP contribution is 2.24. The number of rotatable bonds is 5. The molecule has 2 aromatic heterocycles. The first kappa shape index (κ1) is 15.0. The maximum absolute atomic E-state index is 11.9. The van der Waals surface area contributed by atoms with Crippen LogP contribution in [-0.2, 0) is 4.74 Å². The van der Waals surface area contributed by atoms with Gasteiger partial charge in [0.1, 0.15) is 5.69 Å². The van der Waals surface area contributed by atoms with E-state index in [0.717, 1.165) is 23.4 Å². The molecule has 8 heteroatoms. The normalized spacial score (nSPS) is 10.5. The molecule has 0 spiro atoms. The van der Waals surface area contributed by atoms with Gasteiger partial charge in [0.15, 0.2) is 11.3 Å². The van der Waals surface area contributed by atoms with Crippen molar-refractivity contribution >= 4 is 23.8 Å². The lowest BCUT2D eigenvalue weighted by molar-refractivity contribution is 0.0519. The van der Waals surface area contributed by atoms with Crippen molar-refractivity contribution in [2.45, 2.75) is 6.92 Å². The molecule has 116 valence electrons. The number of hydrogen-bond donors (Lipinski definition) is 0. The largest absolute Gasteiger partial charge is 0.461 e. The van der Waals surface area contributed by atoms with E-state index in [9.17, 15) is 9.59 Å². The van der Waals surface area contributed by atoms with Gasteiger partial charge in [-0.05, 0) is 6.92 Å². The summed E-state index contributed by atoms with van der Waals surface area (Å²) in [5.74, 6) is -0.569. The second-order valence-electron chi connectivity index (χ2n) is 4.51. The Morgan fingerprint density at radius 1 is 1.35 bits per heavy atom. The number of ether oxygens (including phenoxy) is 1. The van der Waals surface area contributed by atoms with Crippen molar-refractivity contribution in [3.63, 3.8) is 0 Å². The van der Waals surface area contributed by atoms with Crippen molar-refractivity contribution in [1.82, 2.24) is 19.4 Å². The SMILES string of the molecule is CCOC(=O)c1nnsc1-n1cc(C=O)c(-c2ccccc2)n1. The molecular formula is C15H12N4O3S. The first-order chi connectivity index (χ1) is 11.2. The summed E-state index contributed by atoms with van der Waals surface area (Å²) in [5, 5.41) is 8.61. The molecule has 0 fully saturated rings. The summed E-state index contributed by atoms with van der Waals surface area (Å²) in [6, 6.07) is 9.32. The van der Waals surface area contributed by atoms with Crippen LogP contribution < -0.4 is 0 Å². The number of hydrogen-bond acceptors (Lipinski definition) is 7. The van der Waals surface area contributed by atoms with E-state index in [2.05, 4.69) is 14.7 Å². The molecule has 0 aliphatic carbocycles. The Hall–Kier alpha value is -2.87. The van der Waals surface area contributed by atoms with Gasteiger partial charge in [-0.2, -0.15) is 5.10 Å². The molecule has 23 heavy (non-hydrogen) atoms. The number of nitrogens with zero attached hydrogens (tertiary/aromatic N) is 4. The minimum atomic E-state index is -0.569. The van der Waals surface area contributed by atoms with Crippen LogP contribution in [0, 0.1) is 0 Å². The molecule has 2 heterocycles. The second kappa shape index (κ2) is 6.49. The van der Waals surface area contributed by atoms with Gasteiger partial charge in [-0.3, -0.25) is 4.79 Å². The Labute approximate surface area is 135 Å². The average molecular weight is 328 g/mol. The van der Waals surface area contributed by atoms with Gasteiger partial charge in [-0.25, -0.2) is 9.48 Å². The quantitative estimate of drug-likeness (QED) is 0.528. The predicted molar refractivity (Wildman–Crippen MR) is 83.8 cm³/mol. The Morgan fingerprint density at radius 3 is 2.83 bits per heavy atom. The topological polar surface area (TPSA) is 87.0 Å². The smallest absolute Gasteiger partial charge is 0.362 e. The van der Waals surface area contributed by atoms with E-state index in [0.29, 0.717) is 16.3 Å². The molecule has 0 saturated carbocycles. The lowest BCUT2D eigenvalue weighted by atomic mass is 10.1. The van der Waals surface area contributed by atoms with Crippen LogP contribution in [0.4, 0.5) is 0 Å². The summed E-state index contributed by atoms with van der Waals surface area (Å²) in [4.78, 5) is 23.2. The van der Waals surface area contributed by atoms with Crippen LogP contribution in [-0.4, -0.2) is 38.2 Å². The average Bonchev–Trinajstić information content (AvgIpc) is 3.22. The van der Waals surface area contributed by atoms with Gasteiger partial charge in [0.05, 0.1) is 12.2 Å². The number of carbonyl (C=O) groups excluding carboxylic acids is 2. The number of carbonyl (C=O) groups is 2. The van der Waals surface area contributed by atoms with Crippen molar-refractivity contribution in [2.24, 2.45) is 0 Å². The van der Waals surface area contributed by atoms with Gasteiger partial charge in [-0.1, -0.05) is 34.8 Å². The molecule has 7 nitrogen and oxygen atoms in total. The van der Waals surface area contributed by atoms with Crippen LogP contribution >= 0.6 is 11.5 Å². The number of aromatic nitrogens is 4. The summed E-state index contributed by atoms with van der Waals surface area (Å²) in [6.07, 6.45) is 2.28. The second-order valence-corrected chi connectivity index (χ2v) is 5.24. The molecule has 0 radical (unpaired) electrons. The third-order valence-electron chi connectivity index (χ3n) is 3.06. The number of esters is 1. The summed E-state index contributed by atoms with van der Waals surface area (Å²) in [6.45, 7) is 1.95. The van der Waals surface area contributed by atoms with Gasteiger partial charge < -0.3 is 4.74 Å². The van der Waals surface area contributed by atoms with Crippen LogP contribution in [0.15, 0.2) is 36.5 Å². The van der Waals surface area contributed by atoms with E-state index in [1.807, 2.05) is 30.3 Å². The van der Waals surface area contributed by atoms with Crippen molar-refractivity contribution in [1.29, 1.82) is 0 Å². The minimum Gasteiger partial charge on any atom is -0.461 e. The van der Waals surface area contributed by atoms with Crippen LogP contribution in [0.1, 0.15) is 27.8 Å². The zero-order valence-electron chi connectivity index (χ0n) is 12.2. The molecule has 0 bridgehead atoms. The molecular weight excluding hydrogens is 316 g/mol. The fourth-order valence-corrected chi connectivity index (χ4v) is 2.65. The van der Waals surface area contributed by atoms with E-state index in [-0.39, 0.29) is 12.3 Å². The lowest BCUT2D eigenvalue weighted by Crippen LogP contribution is -2.09. The Morgan fingerprint density at radius 2 is 2.13 bits per heavy atom. The van der Waals surface area contributed by atoms with Gasteiger partial charge in [0.25, 0.3) is 0 Å². The number of benzene rings is 1. The van der Waals surface area contributed by atoms with E-state index in [4.69, 9.17) is 4.74 Å². The molecule has 0 N–H and O–H groups in total. The van der Waals surface area contributed by atoms with Crippen LogP contribution in [0.25, 0.3) is 16.3 Å². The third kappa shape index (κ3) is 2.88. The molecule has 3 rings (SSSR count). The zero-order valence-corrected chi connectivity index (χ0v) is 13.0. The first-order valence-electron chi connectivity index (χ1n) is 6.84. The molecule has 0 atom stereocenters. The molecule has 0 saturated heterocycles. The maximum atomic E-state index is 11.9. The van der Waals surface area contributed by atoms with Crippen LogP contribution in [0.3, 0.4) is 0 Å². The summed E-state index contributed by atoms with van der Waals surface area (Å²) in [7, 11) is 0. The molecule has 0 unspecified atom stereocenters. The van der Waals surface area contributed by atoms with Gasteiger partial charge in [0, 0.05) is 23.3 Å². The summed E-state index contributed by atoms with van der Waals surface area (Å²) >= 11 is 1.01. The van der Waals surface area contributed by atoms with Crippen LogP contribution in [0.5, 0.6) is 0 Å². The molecule has 0 amide bonds. The van der Waals surface area contributed by atoms with Gasteiger partial charge in [0.2, 0.25) is 5.69 Å². The van der Waals surface area contributed by atoms with E-state index >= 15 is 0 Å². The van der Waals surface area contributed by atoms with E-state index in [1.165, 1.54) is 4.68 Å². The Bertz CT molecular complexity index is 842. The zero-order chi connectivity index (χ0) is 16.2. The summed E-state index contributed by atoms with van der Waals surface area (Å²) in [5.41, 5.74) is 1.84. The fraction of sp³-hybridized carbons (Fsp3) is 0.133. The van der Waals surface area contributed by atoms with Crippen molar-refractivity contribution in [3.8, 4) is 16.3 Å². The Kier molecular flexibility index (Phi) is 4.24. The minimum absolute atomic E-state index is 0.0800. The number of aldehydes is 1. The van der Waals surface area contributed by atoms with Gasteiger partial charge >= 0.3 is 5.97 Å². The van der Waals surface area contributed by atoms with E-state index < -0.39 is 5.97 Å². The van der Waals surface area contributed by atoms with Crippen molar-refractivity contribution in [3.05, 3.63) is 47.8 Å². The summed E-state index contributed by atoms with van der Waals surface area (Å²) < 4.78 is 10.2. The standard InChI is InChI=1S/C15H12N4O3S/c1-2-22-15(21)13-14(23-18-16-13)19-8-11(9-20)12(17-19)10-6-4-3-5-7-10/h3-9H,2H2,1H3. The van der Waals surface area contributed by atoms with E-state index in [1.54, 1.807) is 13.1 Å².